The van der Waals surface area contributed by atoms with E-state index >= 15 is 0 Å². The number of benzene rings is 1. The minimum absolute atomic E-state index is 0.0644. The zero-order chi connectivity index (χ0) is 12.8. The Balaban J connectivity index is 2.59. The van der Waals surface area contributed by atoms with E-state index in [4.69, 9.17) is 5.26 Å². The molecule has 0 N–H and O–H groups in total. The molecular formula is C12H12F2N2O. The quantitative estimate of drug-likeness (QED) is 0.803. The standard InChI is InChI=1S/C12H12F2N2O/c1-16(8-11(13)14)12(17)6-9-2-4-10(7-15)5-3-9/h2-5,11H,6,8H2,1H3. The van der Waals surface area contributed by atoms with Crippen LogP contribution in [-0.2, 0) is 11.2 Å². The number of halogens is 2. The van der Waals surface area contributed by atoms with Crippen molar-refractivity contribution in [1.29, 1.82) is 5.26 Å². The molecule has 5 heteroatoms. The van der Waals surface area contributed by atoms with Crippen molar-refractivity contribution in [2.45, 2.75) is 12.8 Å². The van der Waals surface area contributed by atoms with E-state index < -0.39 is 13.0 Å². The summed E-state index contributed by atoms with van der Waals surface area (Å²) in [5.74, 6) is -0.366. The molecule has 0 fully saturated rings. The Morgan fingerprint density at radius 2 is 2.00 bits per heavy atom. The highest BCUT2D eigenvalue weighted by atomic mass is 19.3. The Labute approximate surface area is 98.3 Å². The summed E-state index contributed by atoms with van der Waals surface area (Å²) in [4.78, 5) is 12.5. The lowest BCUT2D eigenvalue weighted by Crippen LogP contribution is -2.32. The summed E-state index contributed by atoms with van der Waals surface area (Å²) in [5.41, 5.74) is 1.21. The maximum absolute atomic E-state index is 12.1. The smallest absolute Gasteiger partial charge is 0.255 e. The third-order valence-electron chi connectivity index (χ3n) is 2.28. The number of hydrogen-bond donors (Lipinski definition) is 0. The number of amides is 1. The molecule has 0 atom stereocenters. The van der Waals surface area contributed by atoms with E-state index in [1.165, 1.54) is 7.05 Å². The molecule has 0 saturated carbocycles. The monoisotopic (exact) mass is 238 g/mol. The van der Waals surface area contributed by atoms with Crippen molar-refractivity contribution in [1.82, 2.24) is 4.90 Å². The lowest BCUT2D eigenvalue weighted by Gasteiger charge is -2.16. The van der Waals surface area contributed by atoms with Crippen LogP contribution in [0, 0.1) is 11.3 Å². The van der Waals surface area contributed by atoms with Crippen LogP contribution in [-0.4, -0.2) is 30.8 Å². The van der Waals surface area contributed by atoms with Crippen LogP contribution in [0.15, 0.2) is 24.3 Å². The molecule has 17 heavy (non-hydrogen) atoms. The molecule has 0 aliphatic heterocycles. The number of hydrogen-bond acceptors (Lipinski definition) is 2. The van der Waals surface area contributed by atoms with Crippen LogP contribution < -0.4 is 0 Å². The van der Waals surface area contributed by atoms with E-state index in [2.05, 4.69) is 0 Å². The van der Waals surface area contributed by atoms with Gasteiger partial charge in [0.25, 0.3) is 6.43 Å². The fraction of sp³-hybridized carbons (Fsp3) is 0.333. The number of alkyl halides is 2. The molecule has 1 rings (SSSR count). The first kappa shape index (κ1) is 13.1. The minimum Gasteiger partial charge on any atom is -0.340 e. The number of likely N-dealkylation sites (N-methyl/N-ethyl adjacent to an activating group) is 1. The van der Waals surface area contributed by atoms with E-state index in [0.717, 1.165) is 4.90 Å². The SMILES string of the molecule is CN(CC(F)F)C(=O)Cc1ccc(C#N)cc1. The number of carbonyl (C=O) groups is 1. The average molecular weight is 238 g/mol. The van der Waals surface area contributed by atoms with Crippen LogP contribution in [0.3, 0.4) is 0 Å². The van der Waals surface area contributed by atoms with Crippen LogP contribution in [0.5, 0.6) is 0 Å². The zero-order valence-electron chi connectivity index (χ0n) is 9.36. The molecule has 0 aromatic heterocycles. The van der Waals surface area contributed by atoms with Crippen molar-refractivity contribution in [3.8, 4) is 6.07 Å². The minimum atomic E-state index is -2.52. The largest absolute Gasteiger partial charge is 0.340 e. The molecule has 1 aromatic rings. The third kappa shape index (κ3) is 4.19. The van der Waals surface area contributed by atoms with Gasteiger partial charge in [-0.05, 0) is 17.7 Å². The molecule has 0 saturated heterocycles. The molecule has 3 nitrogen and oxygen atoms in total. The predicted octanol–water partition coefficient (Wildman–Crippen LogP) is 1.82. The van der Waals surface area contributed by atoms with Gasteiger partial charge >= 0.3 is 0 Å². The van der Waals surface area contributed by atoms with Crippen molar-refractivity contribution < 1.29 is 13.6 Å². The third-order valence-corrected chi connectivity index (χ3v) is 2.28. The van der Waals surface area contributed by atoms with Gasteiger partial charge in [0.05, 0.1) is 24.6 Å². The van der Waals surface area contributed by atoms with Crippen molar-refractivity contribution in [3.05, 3.63) is 35.4 Å². The van der Waals surface area contributed by atoms with Gasteiger partial charge in [0.1, 0.15) is 0 Å². The molecular weight excluding hydrogens is 226 g/mol. The summed E-state index contributed by atoms with van der Waals surface area (Å²) in [6, 6.07) is 8.44. The molecule has 0 spiro atoms. The van der Waals surface area contributed by atoms with Crippen LogP contribution >= 0.6 is 0 Å². The maximum atomic E-state index is 12.1. The van der Waals surface area contributed by atoms with Gasteiger partial charge in [-0.1, -0.05) is 12.1 Å². The zero-order valence-corrected chi connectivity index (χ0v) is 9.36. The Kier molecular flexibility index (Phi) is 4.58. The van der Waals surface area contributed by atoms with Crippen molar-refractivity contribution in [2.24, 2.45) is 0 Å². The van der Waals surface area contributed by atoms with Crippen LogP contribution in [0.2, 0.25) is 0 Å². The van der Waals surface area contributed by atoms with Gasteiger partial charge in [0.15, 0.2) is 0 Å². The molecule has 0 aliphatic carbocycles. The lowest BCUT2D eigenvalue weighted by molar-refractivity contribution is -0.130. The summed E-state index contributed by atoms with van der Waals surface area (Å²) in [7, 11) is 1.35. The molecule has 0 unspecified atom stereocenters. The molecule has 0 radical (unpaired) electrons. The summed E-state index contributed by atoms with van der Waals surface area (Å²) in [5, 5.41) is 8.59. The van der Waals surface area contributed by atoms with Crippen LogP contribution in [0.4, 0.5) is 8.78 Å². The second-order valence-electron chi connectivity index (χ2n) is 3.65. The topological polar surface area (TPSA) is 44.1 Å². The first-order valence-corrected chi connectivity index (χ1v) is 5.04. The highest BCUT2D eigenvalue weighted by Crippen LogP contribution is 2.06. The first-order valence-electron chi connectivity index (χ1n) is 5.04. The van der Waals surface area contributed by atoms with Gasteiger partial charge < -0.3 is 4.90 Å². The van der Waals surface area contributed by atoms with Gasteiger partial charge in [-0.25, -0.2) is 8.78 Å². The fourth-order valence-corrected chi connectivity index (χ4v) is 1.32. The summed E-state index contributed by atoms with van der Waals surface area (Å²) in [6.07, 6.45) is -2.46. The van der Waals surface area contributed by atoms with Gasteiger partial charge in [-0.15, -0.1) is 0 Å². The lowest BCUT2D eigenvalue weighted by atomic mass is 10.1. The molecule has 0 heterocycles. The second kappa shape index (κ2) is 5.94. The predicted molar refractivity (Wildman–Crippen MR) is 58.5 cm³/mol. The first-order chi connectivity index (χ1) is 8.02. The van der Waals surface area contributed by atoms with Crippen molar-refractivity contribution in [3.63, 3.8) is 0 Å². The van der Waals surface area contributed by atoms with E-state index in [1.54, 1.807) is 24.3 Å². The summed E-state index contributed by atoms with van der Waals surface area (Å²) < 4.78 is 24.1. The molecule has 90 valence electrons. The van der Waals surface area contributed by atoms with Gasteiger partial charge in [-0.3, -0.25) is 4.79 Å². The highest BCUT2D eigenvalue weighted by molar-refractivity contribution is 5.78. The van der Waals surface area contributed by atoms with Crippen LogP contribution in [0.25, 0.3) is 0 Å². The molecule has 1 amide bonds. The van der Waals surface area contributed by atoms with Crippen molar-refractivity contribution in [2.75, 3.05) is 13.6 Å². The second-order valence-corrected chi connectivity index (χ2v) is 3.65. The number of nitriles is 1. The number of carbonyl (C=O) groups excluding carboxylic acids is 1. The highest BCUT2D eigenvalue weighted by Gasteiger charge is 2.14. The van der Waals surface area contributed by atoms with Crippen LogP contribution in [0.1, 0.15) is 11.1 Å². The Hall–Kier alpha value is -1.96. The maximum Gasteiger partial charge on any atom is 0.255 e. The summed E-state index contributed by atoms with van der Waals surface area (Å²) in [6.45, 7) is -0.560. The fourth-order valence-electron chi connectivity index (χ4n) is 1.32. The Morgan fingerprint density at radius 1 is 1.41 bits per heavy atom. The molecule has 0 bridgehead atoms. The van der Waals surface area contributed by atoms with Crippen molar-refractivity contribution >= 4 is 5.91 Å². The average Bonchev–Trinajstić information content (AvgIpc) is 2.29. The number of rotatable bonds is 4. The van der Waals surface area contributed by atoms with Gasteiger partial charge in [0, 0.05) is 7.05 Å². The Morgan fingerprint density at radius 3 is 2.47 bits per heavy atom. The van der Waals surface area contributed by atoms with E-state index in [0.29, 0.717) is 11.1 Å². The molecule has 1 aromatic carbocycles. The molecule has 0 aliphatic rings. The Bertz CT molecular complexity index is 423. The number of nitrogens with zero attached hydrogens (tertiary/aromatic N) is 2. The van der Waals surface area contributed by atoms with Gasteiger partial charge in [0.2, 0.25) is 5.91 Å². The van der Waals surface area contributed by atoms with E-state index in [1.807, 2.05) is 6.07 Å². The van der Waals surface area contributed by atoms with E-state index in [-0.39, 0.29) is 12.3 Å². The van der Waals surface area contributed by atoms with E-state index in [9.17, 15) is 13.6 Å². The van der Waals surface area contributed by atoms with Gasteiger partial charge in [-0.2, -0.15) is 5.26 Å². The summed E-state index contributed by atoms with van der Waals surface area (Å²) >= 11 is 0. The normalized spacial score (nSPS) is 10.1.